The fourth-order valence-corrected chi connectivity index (χ4v) is 1.94. The van der Waals surface area contributed by atoms with Gasteiger partial charge in [0.1, 0.15) is 11.9 Å². The molecule has 1 amide bonds. The number of nitrogens with zero attached hydrogens (tertiary/aromatic N) is 1. The second-order valence-corrected chi connectivity index (χ2v) is 6.20. The zero-order valence-corrected chi connectivity index (χ0v) is 13.6. The van der Waals surface area contributed by atoms with E-state index in [1.165, 1.54) is 12.1 Å². The lowest BCUT2D eigenvalue weighted by molar-refractivity contribution is -0.384. The van der Waals surface area contributed by atoms with Gasteiger partial charge in [-0.25, -0.2) is 4.79 Å². The lowest BCUT2D eigenvalue weighted by atomic mass is 10.1. The highest BCUT2D eigenvalue weighted by atomic mass is 16.6. The van der Waals surface area contributed by atoms with Gasteiger partial charge in [0.2, 0.25) is 0 Å². The number of benzene rings is 1. The van der Waals surface area contributed by atoms with Crippen molar-refractivity contribution in [3.63, 3.8) is 0 Å². The van der Waals surface area contributed by atoms with Crippen LogP contribution in [0.2, 0.25) is 0 Å². The number of hydrogen-bond acceptors (Lipinski definition) is 5. The van der Waals surface area contributed by atoms with Crippen molar-refractivity contribution in [2.75, 3.05) is 0 Å². The molecule has 0 heterocycles. The van der Waals surface area contributed by atoms with Crippen LogP contribution in [-0.4, -0.2) is 28.9 Å². The molecule has 1 atom stereocenters. The summed E-state index contributed by atoms with van der Waals surface area (Å²) >= 11 is 0. The van der Waals surface area contributed by atoms with Gasteiger partial charge in [0, 0.05) is 12.1 Å². The molecule has 0 saturated carbocycles. The molecule has 1 rings (SSSR count). The van der Waals surface area contributed by atoms with Gasteiger partial charge in [0.25, 0.3) is 5.69 Å². The Bertz CT molecular complexity index is 549. The number of ether oxygens (including phenoxy) is 1. The van der Waals surface area contributed by atoms with Gasteiger partial charge in [-0.3, -0.25) is 10.1 Å². The number of nitro groups is 1. The van der Waals surface area contributed by atoms with Crippen LogP contribution >= 0.6 is 0 Å². The predicted octanol–water partition coefficient (Wildman–Crippen LogP) is 3.01. The van der Waals surface area contributed by atoms with E-state index in [0.717, 1.165) is 5.56 Å². The van der Waals surface area contributed by atoms with E-state index in [2.05, 4.69) is 5.32 Å². The number of amides is 1. The summed E-state index contributed by atoms with van der Waals surface area (Å²) in [5.41, 5.74) is 0.375. The topological polar surface area (TPSA) is 98.5 Å². The average molecular weight is 322 g/mol. The van der Waals surface area contributed by atoms with Crippen molar-refractivity contribution in [3.05, 3.63) is 39.9 Å². The number of nitro benzene ring substituents is 1. The van der Waals surface area contributed by atoms with Crippen LogP contribution in [0.1, 0.15) is 39.2 Å². The minimum atomic E-state index is -0.620. The number of rotatable bonds is 7. The molecule has 0 bridgehead atoms. The van der Waals surface area contributed by atoms with Crippen molar-refractivity contribution in [2.24, 2.45) is 0 Å². The highest BCUT2D eigenvalue weighted by molar-refractivity contribution is 5.73. The van der Waals surface area contributed by atoms with E-state index in [1.54, 1.807) is 32.9 Å². The van der Waals surface area contributed by atoms with Gasteiger partial charge in [-0.2, -0.15) is 0 Å². The minimum Gasteiger partial charge on any atom is -0.444 e. The van der Waals surface area contributed by atoms with Gasteiger partial charge in [0.05, 0.1) is 11.0 Å². The van der Waals surface area contributed by atoms with E-state index in [4.69, 9.17) is 4.74 Å². The summed E-state index contributed by atoms with van der Waals surface area (Å²) in [5, 5.41) is 13.1. The lowest BCUT2D eigenvalue weighted by Gasteiger charge is -2.21. The number of aryl methyl sites for hydroxylation is 1. The van der Waals surface area contributed by atoms with Gasteiger partial charge >= 0.3 is 6.09 Å². The first-order valence-electron chi connectivity index (χ1n) is 7.39. The molecule has 0 fully saturated rings. The third-order valence-electron chi connectivity index (χ3n) is 2.99. The molecule has 0 aromatic heterocycles. The molecule has 0 spiro atoms. The number of carbonyl (C=O) groups excluding carboxylic acids is 2. The smallest absolute Gasteiger partial charge is 0.408 e. The van der Waals surface area contributed by atoms with Crippen LogP contribution in [0.15, 0.2) is 24.3 Å². The van der Waals surface area contributed by atoms with Crippen LogP contribution in [0.4, 0.5) is 10.5 Å². The number of carbonyl (C=O) groups is 2. The third-order valence-corrected chi connectivity index (χ3v) is 2.99. The Labute approximate surface area is 135 Å². The maximum absolute atomic E-state index is 11.6. The summed E-state index contributed by atoms with van der Waals surface area (Å²) < 4.78 is 5.10. The zero-order valence-electron chi connectivity index (χ0n) is 13.6. The normalized spacial score (nSPS) is 12.3. The van der Waals surface area contributed by atoms with Crippen LogP contribution in [-0.2, 0) is 16.0 Å². The Kier molecular flexibility index (Phi) is 6.68. The van der Waals surface area contributed by atoms with E-state index < -0.39 is 22.7 Å². The standard InChI is InChI=1S/C16H22N2O5/c1-16(2,3)23-15(20)17-13(11-19)6-4-5-12-7-9-14(10-8-12)18(21)22/h7-11,13H,4-6H2,1-3H3,(H,17,20). The van der Waals surface area contributed by atoms with E-state index in [-0.39, 0.29) is 5.69 Å². The monoisotopic (exact) mass is 322 g/mol. The Morgan fingerprint density at radius 1 is 1.35 bits per heavy atom. The zero-order chi connectivity index (χ0) is 17.5. The highest BCUT2D eigenvalue weighted by Crippen LogP contribution is 2.14. The number of aldehydes is 1. The number of nitrogens with one attached hydrogen (secondary N) is 1. The molecular formula is C16H22N2O5. The molecule has 23 heavy (non-hydrogen) atoms. The molecule has 126 valence electrons. The summed E-state index contributed by atoms with van der Waals surface area (Å²) in [6.07, 6.45) is 1.86. The molecule has 0 radical (unpaired) electrons. The largest absolute Gasteiger partial charge is 0.444 e. The number of non-ortho nitro benzene ring substituents is 1. The fourth-order valence-electron chi connectivity index (χ4n) is 1.94. The molecule has 1 unspecified atom stereocenters. The van der Waals surface area contributed by atoms with Crippen molar-refractivity contribution in [1.82, 2.24) is 5.32 Å². The Hall–Kier alpha value is -2.44. The van der Waals surface area contributed by atoms with Crippen LogP contribution in [0, 0.1) is 10.1 Å². The molecule has 0 saturated heterocycles. The third kappa shape index (κ3) is 7.39. The summed E-state index contributed by atoms with van der Waals surface area (Å²) in [5.74, 6) is 0. The molecule has 1 aromatic rings. The molecule has 1 aromatic carbocycles. The maximum atomic E-state index is 11.6. The van der Waals surface area contributed by atoms with Gasteiger partial charge in [-0.15, -0.1) is 0 Å². The van der Waals surface area contributed by atoms with Crippen molar-refractivity contribution < 1.29 is 19.2 Å². The molecule has 0 aliphatic carbocycles. The first-order chi connectivity index (χ1) is 10.7. The molecule has 7 nitrogen and oxygen atoms in total. The minimum absolute atomic E-state index is 0.0473. The van der Waals surface area contributed by atoms with Crippen LogP contribution in [0.3, 0.4) is 0 Å². The molecule has 0 aliphatic heterocycles. The second kappa shape index (κ2) is 8.26. The van der Waals surface area contributed by atoms with Gasteiger partial charge < -0.3 is 14.8 Å². The SMILES string of the molecule is CC(C)(C)OC(=O)NC(C=O)CCCc1ccc([N+](=O)[O-])cc1. The number of hydrogen-bond donors (Lipinski definition) is 1. The lowest BCUT2D eigenvalue weighted by Crippen LogP contribution is -2.40. The van der Waals surface area contributed by atoms with Crippen molar-refractivity contribution >= 4 is 18.1 Å². The number of alkyl carbamates (subject to hydrolysis) is 1. The van der Waals surface area contributed by atoms with Crippen molar-refractivity contribution in [2.45, 2.75) is 51.7 Å². The first-order valence-corrected chi connectivity index (χ1v) is 7.39. The Morgan fingerprint density at radius 2 is 1.96 bits per heavy atom. The van der Waals surface area contributed by atoms with Gasteiger partial charge in [-0.1, -0.05) is 12.1 Å². The predicted molar refractivity (Wildman–Crippen MR) is 85.3 cm³/mol. The molecule has 7 heteroatoms. The Balaban J connectivity index is 2.41. The molecular weight excluding hydrogens is 300 g/mol. The molecule has 0 aliphatic rings. The van der Waals surface area contributed by atoms with E-state index in [1.807, 2.05) is 0 Å². The quantitative estimate of drug-likeness (QED) is 0.472. The summed E-state index contributed by atoms with van der Waals surface area (Å²) in [6, 6.07) is 5.67. The Morgan fingerprint density at radius 3 is 2.43 bits per heavy atom. The van der Waals surface area contributed by atoms with Crippen LogP contribution < -0.4 is 5.32 Å². The summed E-state index contributed by atoms with van der Waals surface area (Å²) in [6.45, 7) is 5.24. The summed E-state index contributed by atoms with van der Waals surface area (Å²) in [7, 11) is 0. The van der Waals surface area contributed by atoms with Crippen molar-refractivity contribution in [1.29, 1.82) is 0 Å². The van der Waals surface area contributed by atoms with Gasteiger partial charge in [0.15, 0.2) is 0 Å². The van der Waals surface area contributed by atoms with E-state index >= 15 is 0 Å². The highest BCUT2D eigenvalue weighted by Gasteiger charge is 2.19. The van der Waals surface area contributed by atoms with Crippen LogP contribution in [0.25, 0.3) is 0 Å². The second-order valence-electron chi connectivity index (χ2n) is 6.20. The molecule has 1 N–H and O–H groups in total. The van der Waals surface area contributed by atoms with Crippen LogP contribution in [0.5, 0.6) is 0 Å². The average Bonchev–Trinajstić information content (AvgIpc) is 2.44. The van der Waals surface area contributed by atoms with E-state index in [0.29, 0.717) is 25.5 Å². The summed E-state index contributed by atoms with van der Waals surface area (Å²) in [4.78, 5) is 32.8. The van der Waals surface area contributed by atoms with E-state index in [9.17, 15) is 19.7 Å². The van der Waals surface area contributed by atoms with Gasteiger partial charge in [-0.05, 0) is 45.6 Å². The maximum Gasteiger partial charge on any atom is 0.408 e. The first kappa shape index (κ1) is 18.6. The fraction of sp³-hybridized carbons (Fsp3) is 0.500. The van der Waals surface area contributed by atoms with Crippen molar-refractivity contribution in [3.8, 4) is 0 Å².